The zero-order valence-electron chi connectivity index (χ0n) is 10.3. The van der Waals surface area contributed by atoms with Crippen molar-refractivity contribution in [3.05, 3.63) is 42.0 Å². The molecule has 0 bridgehead atoms. The molecule has 2 aromatic rings. The Labute approximate surface area is 115 Å². The van der Waals surface area contributed by atoms with E-state index in [0.29, 0.717) is 5.56 Å². The van der Waals surface area contributed by atoms with Crippen LogP contribution in [-0.4, -0.2) is 30.3 Å². The van der Waals surface area contributed by atoms with Crippen molar-refractivity contribution in [1.29, 1.82) is 0 Å². The lowest BCUT2D eigenvalue weighted by molar-refractivity contribution is 0.350. The molecule has 104 valence electrons. The largest absolute Gasteiger partial charge is 0.384 e. The van der Waals surface area contributed by atoms with Gasteiger partial charge in [-0.05, 0) is 18.2 Å². The number of nitrogens with zero attached hydrogens (tertiary/aromatic N) is 2. The van der Waals surface area contributed by atoms with Crippen molar-refractivity contribution >= 4 is 10.0 Å². The molecule has 1 aromatic carbocycles. The van der Waals surface area contributed by atoms with E-state index in [4.69, 9.17) is 5.11 Å². The molecule has 0 saturated carbocycles. The first-order valence-corrected chi connectivity index (χ1v) is 7.05. The summed E-state index contributed by atoms with van der Waals surface area (Å²) in [5.74, 6) is 5.34. The smallest absolute Gasteiger partial charge is 0.241 e. The molecule has 1 aromatic heterocycles. The minimum atomic E-state index is -3.69. The van der Waals surface area contributed by atoms with Crippen LogP contribution in [0.15, 0.2) is 40.1 Å². The van der Waals surface area contributed by atoms with Crippen LogP contribution in [-0.2, 0) is 16.6 Å². The fourth-order valence-electron chi connectivity index (χ4n) is 1.40. The molecule has 2 N–H and O–H groups in total. The molecule has 20 heavy (non-hydrogen) atoms. The van der Waals surface area contributed by atoms with Crippen molar-refractivity contribution < 1.29 is 18.0 Å². The van der Waals surface area contributed by atoms with Crippen LogP contribution in [0.25, 0.3) is 0 Å². The van der Waals surface area contributed by atoms with Gasteiger partial charge in [-0.25, -0.2) is 13.1 Å². The zero-order chi connectivity index (χ0) is 14.4. The third-order valence-corrected chi connectivity index (χ3v) is 3.68. The number of nitrogens with one attached hydrogen (secondary N) is 1. The summed E-state index contributed by atoms with van der Waals surface area (Å²) >= 11 is 0. The van der Waals surface area contributed by atoms with E-state index < -0.39 is 10.0 Å². The van der Waals surface area contributed by atoms with Crippen molar-refractivity contribution in [3.8, 4) is 11.8 Å². The molecule has 0 amide bonds. The molecular formula is C12H11N3O4S. The van der Waals surface area contributed by atoms with Crippen LogP contribution in [0.5, 0.6) is 0 Å². The molecule has 0 atom stereocenters. The van der Waals surface area contributed by atoms with Gasteiger partial charge in [-0.3, -0.25) is 0 Å². The fraction of sp³-hybridized carbons (Fsp3) is 0.167. The lowest BCUT2D eigenvalue weighted by atomic mass is 10.2. The highest BCUT2D eigenvalue weighted by Crippen LogP contribution is 2.11. The molecule has 0 unspecified atom stereocenters. The standard InChI is InChI=1S/C12H11N3O4S/c16-6-2-4-10-3-1-5-11(7-10)20(17,18)14-8-12-13-9-19-15-12/h1,3,5,7,9,14,16H,6,8H2. The first-order chi connectivity index (χ1) is 9.62. The van der Waals surface area contributed by atoms with Crippen LogP contribution in [0.4, 0.5) is 0 Å². The summed E-state index contributed by atoms with van der Waals surface area (Å²) in [5, 5.41) is 12.1. The van der Waals surface area contributed by atoms with Crippen molar-refractivity contribution in [1.82, 2.24) is 14.9 Å². The number of aliphatic hydroxyl groups excluding tert-OH is 1. The Hall–Kier alpha value is -2.21. The third-order valence-electron chi connectivity index (χ3n) is 2.28. The van der Waals surface area contributed by atoms with E-state index in [0.717, 1.165) is 6.39 Å². The normalized spacial score (nSPS) is 10.8. The Balaban J connectivity index is 2.16. The van der Waals surface area contributed by atoms with Crippen molar-refractivity contribution in [2.24, 2.45) is 0 Å². The van der Waals surface area contributed by atoms with Crippen LogP contribution in [0, 0.1) is 11.8 Å². The predicted octanol–water partition coefficient (Wildman–Crippen LogP) is -0.108. The van der Waals surface area contributed by atoms with Gasteiger partial charge in [0.25, 0.3) is 0 Å². The molecule has 0 saturated heterocycles. The van der Waals surface area contributed by atoms with Gasteiger partial charge in [0.15, 0.2) is 5.82 Å². The second-order valence-electron chi connectivity index (χ2n) is 3.66. The first-order valence-electron chi connectivity index (χ1n) is 5.56. The maximum absolute atomic E-state index is 12.1. The highest BCUT2D eigenvalue weighted by atomic mass is 32.2. The molecule has 1 heterocycles. The molecule has 0 spiro atoms. The van der Waals surface area contributed by atoms with Gasteiger partial charge in [0.05, 0.1) is 11.4 Å². The number of benzene rings is 1. The van der Waals surface area contributed by atoms with Gasteiger partial charge in [0.1, 0.15) is 6.61 Å². The van der Waals surface area contributed by atoms with Gasteiger partial charge in [0.2, 0.25) is 16.4 Å². The van der Waals surface area contributed by atoms with E-state index in [1.54, 1.807) is 12.1 Å². The summed E-state index contributed by atoms with van der Waals surface area (Å²) in [6, 6.07) is 6.09. The summed E-state index contributed by atoms with van der Waals surface area (Å²) < 4.78 is 31.0. The number of hydrogen-bond donors (Lipinski definition) is 2. The van der Waals surface area contributed by atoms with E-state index in [1.165, 1.54) is 12.1 Å². The molecule has 2 rings (SSSR count). The number of hydrogen-bond acceptors (Lipinski definition) is 6. The number of sulfonamides is 1. The second-order valence-corrected chi connectivity index (χ2v) is 5.43. The zero-order valence-corrected chi connectivity index (χ0v) is 11.1. The van der Waals surface area contributed by atoms with Gasteiger partial charge in [-0.2, -0.15) is 4.98 Å². The molecule has 0 fully saturated rings. The van der Waals surface area contributed by atoms with E-state index in [-0.39, 0.29) is 23.9 Å². The van der Waals surface area contributed by atoms with Crippen molar-refractivity contribution in [2.45, 2.75) is 11.4 Å². The molecule has 0 radical (unpaired) electrons. The minimum Gasteiger partial charge on any atom is -0.384 e. The molecule has 0 aliphatic heterocycles. The van der Waals surface area contributed by atoms with Gasteiger partial charge in [0, 0.05) is 5.56 Å². The average Bonchev–Trinajstić information content (AvgIpc) is 2.97. The van der Waals surface area contributed by atoms with Crippen LogP contribution < -0.4 is 4.72 Å². The van der Waals surface area contributed by atoms with Crippen molar-refractivity contribution in [3.63, 3.8) is 0 Å². The summed E-state index contributed by atoms with van der Waals surface area (Å²) in [6.07, 6.45) is 1.12. The minimum absolute atomic E-state index is 0.0641. The first kappa shape index (κ1) is 14.2. The third kappa shape index (κ3) is 3.64. The maximum atomic E-state index is 12.1. The summed E-state index contributed by atoms with van der Waals surface area (Å²) in [6.45, 7) is -0.349. The number of rotatable bonds is 4. The quantitative estimate of drug-likeness (QED) is 0.762. The number of aromatic nitrogens is 2. The summed E-state index contributed by atoms with van der Waals surface area (Å²) in [4.78, 5) is 3.79. The van der Waals surface area contributed by atoms with Gasteiger partial charge in [-0.1, -0.05) is 23.1 Å². The monoisotopic (exact) mass is 293 g/mol. The molecule has 0 aliphatic rings. The van der Waals surface area contributed by atoms with E-state index in [1.807, 2.05) is 0 Å². The van der Waals surface area contributed by atoms with Crippen LogP contribution >= 0.6 is 0 Å². The van der Waals surface area contributed by atoms with Gasteiger partial charge < -0.3 is 9.63 Å². The van der Waals surface area contributed by atoms with Gasteiger partial charge >= 0.3 is 0 Å². The summed E-state index contributed by atoms with van der Waals surface area (Å²) in [7, 11) is -3.69. The van der Waals surface area contributed by atoms with E-state index in [9.17, 15) is 8.42 Å². The van der Waals surface area contributed by atoms with E-state index >= 15 is 0 Å². The van der Waals surface area contributed by atoms with Crippen LogP contribution in [0.1, 0.15) is 11.4 Å². The Morgan fingerprint density at radius 3 is 2.95 bits per heavy atom. The van der Waals surface area contributed by atoms with Gasteiger partial charge in [-0.15, -0.1) is 0 Å². The second kappa shape index (κ2) is 6.29. The molecule has 0 aliphatic carbocycles. The predicted molar refractivity (Wildman–Crippen MR) is 68.7 cm³/mol. The highest BCUT2D eigenvalue weighted by molar-refractivity contribution is 7.89. The Morgan fingerprint density at radius 1 is 1.40 bits per heavy atom. The Morgan fingerprint density at radius 2 is 2.25 bits per heavy atom. The molecular weight excluding hydrogens is 282 g/mol. The van der Waals surface area contributed by atoms with E-state index in [2.05, 4.69) is 31.2 Å². The maximum Gasteiger partial charge on any atom is 0.241 e. The SMILES string of the molecule is O=S(=O)(NCc1ncon1)c1cccc(C#CCO)c1. The average molecular weight is 293 g/mol. The lowest BCUT2D eigenvalue weighted by Gasteiger charge is -2.05. The fourth-order valence-corrected chi connectivity index (χ4v) is 2.42. The molecule has 7 nitrogen and oxygen atoms in total. The lowest BCUT2D eigenvalue weighted by Crippen LogP contribution is -2.23. The topological polar surface area (TPSA) is 105 Å². The Bertz CT molecular complexity index is 730. The van der Waals surface area contributed by atoms with Crippen LogP contribution in [0.2, 0.25) is 0 Å². The molecule has 8 heteroatoms. The number of aliphatic hydroxyl groups is 1. The highest BCUT2D eigenvalue weighted by Gasteiger charge is 2.14. The van der Waals surface area contributed by atoms with Crippen molar-refractivity contribution in [2.75, 3.05) is 6.61 Å². The summed E-state index contributed by atoms with van der Waals surface area (Å²) in [5.41, 5.74) is 0.501. The van der Waals surface area contributed by atoms with Crippen LogP contribution in [0.3, 0.4) is 0 Å². The Kier molecular flexibility index (Phi) is 4.47.